The Balaban J connectivity index is 2.31. The van der Waals surface area contributed by atoms with Gasteiger partial charge in [0.1, 0.15) is 12.3 Å². The van der Waals surface area contributed by atoms with Gasteiger partial charge in [0.05, 0.1) is 18.4 Å². The van der Waals surface area contributed by atoms with Gasteiger partial charge in [0, 0.05) is 18.7 Å². The summed E-state index contributed by atoms with van der Waals surface area (Å²) in [4.78, 5) is 11.2. The van der Waals surface area contributed by atoms with E-state index >= 15 is 0 Å². The molecule has 17 heavy (non-hydrogen) atoms. The maximum atomic E-state index is 11.2. The third-order valence-corrected chi connectivity index (χ3v) is 3.04. The third-order valence-electron chi connectivity index (χ3n) is 3.04. The van der Waals surface area contributed by atoms with Crippen molar-refractivity contribution in [3.63, 3.8) is 0 Å². The molecule has 0 aliphatic carbocycles. The van der Waals surface area contributed by atoms with Crippen molar-refractivity contribution in [2.45, 2.75) is 31.8 Å². The zero-order chi connectivity index (χ0) is 12.6. The van der Waals surface area contributed by atoms with E-state index in [0.29, 0.717) is 12.1 Å². The number of aromatic nitrogens is 1. The second-order valence-electron chi connectivity index (χ2n) is 4.14. The summed E-state index contributed by atoms with van der Waals surface area (Å²) < 4.78 is 7.01. The second kappa shape index (κ2) is 4.48. The summed E-state index contributed by atoms with van der Waals surface area (Å²) in [6, 6.07) is 1.24. The van der Waals surface area contributed by atoms with E-state index in [2.05, 4.69) is 0 Å². The summed E-state index contributed by atoms with van der Waals surface area (Å²) in [6.07, 6.45) is -0.0243. The van der Waals surface area contributed by atoms with Gasteiger partial charge in [-0.3, -0.25) is 4.79 Å². The number of ether oxygens (including phenoxy) is 1. The van der Waals surface area contributed by atoms with Crippen molar-refractivity contribution < 1.29 is 20.1 Å². The summed E-state index contributed by atoms with van der Waals surface area (Å²) in [5.74, 6) is -0.321. The fourth-order valence-corrected chi connectivity index (χ4v) is 2.00. The standard InChI is InChI=1S/C11H15NO5/c1-6-11(16)7(14)2-3-12(6)10-4-8(15)9(5-13)17-10/h2-3,8-10,13,15-16H,4-5H2,1H3/t8?,9?,10-/m1/s1. The van der Waals surface area contributed by atoms with E-state index < -0.39 is 23.9 Å². The highest BCUT2D eigenvalue weighted by Crippen LogP contribution is 2.30. The molecule has 0 bridgehead atoms. The average molecular weight is 241 g/mol. The van der Waals surface area contributed by atoms with Crippen LogP contribution in [0.3, 0.4) is 0 Å². The van der Waals surface area contributed by atoms with Gasteiger partial charge >= 0.3 is 0 Å². The predicted molar refractivity (Wildman–Crippen MR) is 58.7 cm³/mol. The summed E-state index contributed by atoms with van der Waals surface area (Å²) in [6.45, 7) is 1.33. The van der Waals surface area contributed by atoms with Gasteiger partial charge < -0.3 is 24.6 Å². The molecule has 1 fully saturated rings. The van der Waals surface area contributed by atoms with Crippen LogP contribution in [-0.2, 0) is 4.74 Å². The number of aromatic hydroxyl groups is 1. The van der Waals surface area contributed by atoms with E-state index in [0.717, 1.165) is 0 Å². The van der Waals surface area contributed by atoms with E-state index in [-0.39, 0.29) is 12.4 Å². The summed E-state index contributed by atoms with van der Waals surface area (Å²) in [5.41, 5.74) is -0.0655. The summed E-state index contributed by atoms with van der Waals surface area (Å²) in [7, 11) is 0. The monoisotopic (exact) mass is 241 g/mol. The van der Waals surface area contributed by atoms with Crippen molar-refractivity contribution in [3.8, 4) is 5.75 Å². The number of nitrogens with zero attached hydrogens (tertiary/aromatic N) is 1. The molecule has 0 radical (unpaired) electrons. The molecule has 2 rings (SSSR count). The fourth-order valence-electron chi connectivity index (χ4n) is 2.00. The van der Waals surface area contributed by atoms with E-state index in [4.69, 9.17) is 9.84 Å². The quantitative estimate of drug-likeness (QED) is 0.649. The molecule has 0 amide bonds. The topological polar surface area (TPSA) is 91.9 Å². The van der Waals surface area contributed by atoms with Crippen LogP contribution in [-0.4, -0.2) is 38.7 Å². The maximum absolute atomic E-state index is 11.2. The van der Waals surface area contributed by atoms with Crippen molar-refractivity contribution in [2.75, 3.05) is 6.61 Å². The molecule has 0 saturated carbocycles. The molecule has 3 atom stereocenters. The lowest BCUT2D eigenvalue weighted by atomic mass is 10.2. The molecule has 3 N–H and O–H groups in total. The molecule has 1 aromatic rings. The van der Waals surface area contributed by atoms with E-state index in [1.54, 1.807) is 11.5 Å². The fraction of sp³-hybridized carbons (Fsp3) is 0.545. The highest BCUT2D eigenvalue weighted by atomic mass is 16.5. The summed E-state index contributed by atoms with van der Waals surface area (Å²) >= 11 is 0. The number of hydrogen-bond acceptors (Lipinski definition) is 5. The largest absolute Gasteiger partial charge is 0.503 e. The van der Waals surface area contributed by atoms with Gasteiger partial charge in [-0.2, -0.15) is 0 Å². The highest BCUT2D eigenvalue weighted by molar-refractivity contribution is 5.25. The lowest BCUT2D eigenvalue weighted by molar-refractivity contribution is -0.0452. The van der Waals surface area contributed by atoms with Gasteiger partial charge in [-0.15, -0.1) is 0 Å². The van der Waals surface area contributed by atoms with Crippen LogP contribution >= 0.6 is 0 Å². The van der Waals surface area contributed by atoms with Crippen LogP contribution in [0.25, 0.3) is 0 Å². The minimum Gasteiger partial charge on any atom is -0.503 e. The third kappa shape index (κ3) is 2.06. The Morgan fingerprint density at radius 3 is 2.88 bits per heavy atom. The first-order chi connectivity index (χ1) is 8.04. The maximum Gasteiger partial charge on any atom is 0.223 e. The van der Waals surface area contributed by atoms with Gasteiger partial charge in [0.25, 0.3) is 0 Å². The van der Waals surface area contributed by atoms with E-state index in [9.17, 15) is 15.0 Å². The molecule has 0 aromatic carbocycles. The lowest BCUT2D eigenvalue weighted by Gasteiger charge is -2.18. The number of pyridine rings is 1. The smallest absolute Gasteiger partial charge is 0.223 e. The van der Waals surface area contributed by atoms with Crippen LogP contribution in [0.2, 0.25) is 0 Å². The Kier molecular flexibility index (Phi) is 3.19. The minimum atomic E-state index is -0.744. The Labute approximate surface area is 97.7 Å². The van der Waals surface area contributed by atoms with E-state index in [1.165, 1.54) is 12.3 Å². The normalized spacial score (nSPS) is 28.5. The Morgan fingerprint density at radius 1 is 1.59 bits per heavy atom. The van der Waals surface area contributed by atoms with Crippen LogP contribution < -0.4 is 5.43 Å². The van der Waals surface area contributed by atoms with Crippen LogP contribution in [0.1, 0.15) is 18.3 Å². The molecule has 1 saturated heterocycles. The SMILES string of the molecule is Cc1c(O)c(=O)ccn1[C@H]1CC(O)C(CO)O1. The van der Waals surface area contributed by atoms with Crippen LogP contribution in [0.15, 0.2) is 17.1 Å². The molecular weight excluding hydrogens is 226 g/mol. The lowest BCUT2D eigenvalue weighted by Crippen LogP contribution is -2.24. The molecule has 1 aromatic heterocycles. The van der Waals surface area contributed by atoms with Crippen molar-refractivity contribution in [2.24, 2.45) is 0 Å². The molecule has 2 unspecified atom stereocenters. The number of aliphatic hydroxyl groups is 2. The van der Waals surface area contributed by atoms with E-state index in [1.807, 2.05) is 0 Å². The van der Waals surface area contributed by atoms with Crippen molar-refractivity contribution in [1.29, 1.82) is 0 Å². The minimum absolute atomic E-state index is 0.261. The Bertz CT molecular complexity index is 469. The van der Waals surface area contributed by atoms with Crippen LogP contribution in [0.4, 0.5) is 0 Å². The van der Waals surface area contributed by atoms with Crippen molar-refractivity contribution in [3.05, 3.63) is 28.2 Å². The van der Waals surface area contributed by atoms with Crippen LogP contribution in [0.5, 0.6) is 5.75 Å². The molecular formula is C11H15NO5. The molecule has 6 nitrogen and oxygen atoms in total. The van der Waals surface area contributed by atoms with Gasteiger partial charge in [0.2, 0.25) is 5.43 Å². The van der Waals surface area contributed by atoms with Crippen molar-refractivity contribution >= 4 is 0 Å². The first kappa shape index (κ1) is 12.1. The number of aliphatic hydroxyl groups excluding tert-OH is 2. The van der Waals surface area contributed by atoms with Gasteiger partial charge in [0.15, 0.2) is 5.75 Å². The first-order valence-electron chi connectivity index (χ1n) is 5.39. The first-order valence-corrected chi connectivity index (χ1v) is 5.39. The average Bonchev–Trinajstić information content (AvgIpc) is 2.67. The van der Waals surface area contributed by atoms with Crippen LogP contribution in [0, 0.1) is 6.92 Å². The second-order valence-corrected chi connectivity index (χ2v) is 4.14. The highest BCUT2D eigenvalue weighted by Gasteiger charge is 2.34. The Hall–Kier alpha value is -1.37. The zero-order valence-electron chi connectivity index (χ0n) is 9.41. The molecule has 1 aliphatic rings. The number of rotatable bonds is 2. The summed E-state index contributed by atoms with van der Waals surface area (Å²) in [5, 5.41) is 28.1. The van der Waals surface area contributed by atoms with Gasteiger partial charge in [-0.05, 0) is 6.92 Å². The predicted octanol–water partition coefficient (Wildman–Crippen LogP) is -0.497. The molecule has 94 valence electrons. The van der Waals surface area contributed by atoms with Gasteiger partial charge in [-0.25, -0.2) is 0 Å². The molecule has 1 aliphatic heterocycles. The van der Waals surface area contributed by atoms with Crippen molar-refractivity contribution in [1.82, 2.24) is 4.57 Å². The molecule has 2 heterocycles. The molecule has 6 heteroatoms. The number of hydrogen-bond donors (Lipinski definition) is 3. The zero-order valence-corrected chi connectivity index (χ0v) is 9.41. The molecule has 0 spiro atoms. The van der Waals surface area contributed by atoms with Gasteiger partial charge in [-0.1, -0.05) is 0 Å². The Morgan fingerprint density at radius 2 is 2.29 bits per heavy atom.